The first kappa shape index (κ1) is 13.0. The highest BCUT2D eigenvalue weighted by atomic mass is 32.2. The number of hydrogen-bond donors (Lipinski definition) is 2. The Hall–Kier alpha value is -1.41. The summed E-state index contributed by atoms with van der Waals surface area (Å²) in [6, 6.07) is 1.54. The molecule has 2 aromatic heterocycles. The number of nitrogens with one attached hydrogen (secondary N) is 1. The van der Waals surface area contributed by atoms with E-state index in [0.717, 1.165) is 23.5 Å². The molecule has 0 atom stereocenters. The Morgan fingerprint density at radius 1 is 1.50 bits per heavy atom. The van der Waals surface area contributed by atoms with E-state index in [2.05, 4.69) is 27.1 Å². The minimum absolute atomic E-state index is 0.118. The van der Waals surface area contributed by atoms with Gasteiger partial charge >= 0.3 is 0 Å². The van der Waals surface area contributed by atoms with Crippen molar-refractivity contribution in [3.63, 3.8) is 0 Å². The van der Waals surface area contributed by atoms with E-state index in [0.29, 0.717) is 16.0 Å². The highest BCUT2D eigenvalue weighted by molar-refractivity contribution is 7.98. The molecule has 0 fully saturated rings. The number of nitrogens with zero attached hydrogens (tertiary/aromatic N) is 3. The molecule has 0 radical (unpaired) electrons. The van der Waals surface area contributed by atoms with Gasteiger partial charge in [-0.05, 0) is 6.42 Å². The van der Waals surface area contributed by atoms with E-state index in [9.17, 15) is 4.79 Å². The summed E-state index contributed by atoms with van der Waals surface area (Å²) in [4.78, 5) is 18.5. The number of anilines is 1. The highest BCUT2D eigenvalue weighted by Crippen LogP contribution is 2.21. The van der Waals surface area contributed by atoms with E-state index < -0.39 is 0 Å². The molecule has 2 aromatic rings. The lowest BCUT2D eigenvalue weighted by atomic mass is 10.2. The molecule has 3 N–H and O–H groups in total. The van der Waals surface area contributed by atoms with Gasteiger partial charge in [0.1, 0.15) is 5.01 Å². The topological polar surface area (TPSA) is 97.5 Å². The molecule has 0 aliphatic heterocycles. The minimum Gasteiger partial charge on any atom is -0.374 e. The van der Waals surface area contributed by atoms with Crippen LogP contribution in [0, 0.1) is 0 Å². The van der Waals surface area contributed by atoms with Crippen molar-refractivity contribution in [1.82, 2.24) is 20.2 Å². The zero-order chi connectivity index (χ0) is 13.0. The van der Waals surface area contributed by atoms with Crippen LogP contribution in [0.1, 0.15) is 24.0 Å². The van der Waals surface area contributed by atoms with Gasteiger partial charge in [0.05, 0.1) is 5.75 Å². The number of rotatable bonds is 5. The first-order valence-electron chi connectivity index (χ1n) is 5.48. The summed E-state index contributed by atoms with van der Waals surface area (Å²) in [5, 5.41) is 9.53. The molecule has 18 heavy (non-hydrogen) atoms. The third-order valence-electron chi connectivity index (χ3n) is 2.09. The molecule has 0 saturated carbocycles. The predicted octanol–water partition coefficient (Wildman–Crippen LogP) is 1.45. The molecule has 8 heteroatoms. The minimum atomic E-state index is -0.118. The lowest BCUT2D eigenvalue weighted by molar-refractivity contribution is 0.815. The molecular formula is C10H13N5OS2. The molecule has 2 heterocycles. The Morgan fingerprint density at radius 2 is 2.33 bits per heavy atom. The summed E-state index contributed by atoms with van der Waals surface area (Å²) in [6.45, 7) is 2.06. The average molecular weight is 283 g/mol. The van der Waals surface area contributed by atoms with Crippen LogP contribution in [-0.2, 0) is 12.2 Å². The first-order chi connectivity index (χ1) is 8.67. The molecule has 0 bridgehead atoms. The van der Waals surface area contributed by atoms with Gasteiger partial charge in [0, 0.05) is 11.8 Å². The van der Waals surface area contributed by atoms with Gasteiger partial charge in [-0.2, -0.15) is 0 Å². The number of aromatic nitrogens is 4. The van der Waals surface area contributed by atoms with Crippen molar-refractivity contribution in [2.75, 3.05) is 5.73 Å². The fourth-order valence-corrected chi connectivity index (χ4v) is 2.88. The zero-order valence-corrected chi connectivity index (χ0v) is 11.5. The largest absolute Gasteiger partial charge is 0.374 e. The second-order valence-corrected chi connectivity index (χ2v) is 5.67. The summed E-state index contributed by atoms with van der Waals surface area (Å²) in [7, 11) is 0. The van der Waals surface area contributed by atoms with Gasteiger partial charge in [0.25, 0.3) is 5.56 Å². The van der Waals surface area contributed by atoms with Crippen molar-refractivity contribution in [2.24, 2.45) is 0 Å². The Bertz CT molecular complexity index is 580. The zero-order valence-electron chi connectivity index (χ0n) is 9.84. The Balaban J connectivity index is 2.06. The van der Waals surface area contributed by atoms with E-state index in [1.54, 1.807) is 0 Å². The van der Waals surface area contributed by atoms with Crippen molar-refractivity contribution in [3.05, 3.63) is 27.1 Å². The summed E-state index contributed by atoms with van der Waals surface area (Å²) in [5.74, 6) is 0.605. The van der Waals surface area contributed by atoms with Crippen LogP contribution < -0.4 is 11.3 Å². The van der Waals surface area contributed by atoms with Crippen LogP contribution in [0.15, 0.2) is 16.0 Å². The summed E-state index contributed by atoms with van der Waals surface area (Å²) < 4.78 is 0. The van der Waals surface area contributed by atoms with Gasteiger partial charge in [-0.3, -0.25) is 4.79 Å². The third kappa shape index (κ3) is 3.54. The molecule has 0 amide bonds. The monoisotopic (exact) mass is 283 g/mol. The van der Waals surface area contributed by atoms with E-state index in [1.807, 2.05) is 0 Å². The maximum absolute atomic E-state index is 11.4. The molecule has 0 saturated heterocycles. The van der Waals surface area contributed by atoms with Crippen molar-refractivity contribution < 1.29 is 0 Å². The fraction of sp³-hybridized carbons (Fsp3) is 0.400. The Kier molecular flexibility index (Phi) is 4.32. The summed E-state index contributed by atoms with van der Waals surface area (Å²) >= 11 is 2.77. The third-order valence-corrected chi connectivity index (χ3v) is 3.91. The molecule has 0 unspecified atom stereocenters. The molecular weight excluding hydrogens is 270 g/mol. The Labute approximate surface area is 112 Å². The van der Waals surface area contributed by atoms with Crippen LogP contribution >= 0.6 is 23.1 Å². The van der Waals surface area contributed by atoms with Gasteiger partial charge in [0.2, 0.25) is 5.13 Å². The molecule has 0 aliphatic rings. The maximum atomic E-state index is 11.4. The second-order valence-electron chi connectivity index (χ2n) is 3.61. The maximum Gasteiger partial charge on any atom is 0.251 e. The van der Waals surface area contributed by atoms with Crippen molar-refractivity contribution >= 4 is 28.2 Å². The first-order valence-corrected chi connectivity index (χ1v) is 7.28. The number of nitrogen functional groups attached to an aromatic ring is 1. The van der Waals surface area contributed by atoms with E-state index in [1.165, 1.54) is 29.2 Å². The highest BCUT2D eigenvalue weighted by Gasteiger charge is 2.05. The smallest absolute Gasteiger partial charge is 0.251 e. The second kappa shape index (κ2) is 5.96. The fourth-order valence-electron chi connectivity index (χ4n) is 1.39. The van der Waals surface area contributed by atoms with E-state index in [4.69, 9.17) is 5.73 Å². The molecule has 0 spiro atoms. The van der Waals surface area contributed by atoms with Crippen LogP contribution in [0.25, 0.3) is 0 Å². The van der Waals surface area contributed by atoms with E-state index in [-0.39, 0.29) is 5.56 Å². The van der Waals surface area contributed by atoms with Crippen molar-refractivity contribution in [2.45, 2.75) is 30.7 Å². The van der Waals surface area contributed by atoms with Crippen LogP contribution in [0.2, 0.25) is 0 Å². The molecule has 2 rings (SSSR count). The molecule has 96 valence electrons. The van der Waals surface area contributed by atoms with Gasteiger partial charge in [0.15, 0.2) is 5.16 Å². The number of nitrogens with two attached hydrogens (primary N) is 1. The number of aromatic amines is 1. The predicted molar refractivity (Wildman–Crippen MR) is 72.7 cm³/mol. The number of H-pyrrole nitrogens is 1. The van der Waals surface area contributed by atoms with Gasteiger partial charge < -0.3 is 10.7 Å². The van der Waals surface area contributed by atoms with Crippen LogP contribution in [0.4, 0.5) is 5.13 Å². The lowest BCUT2D eigenvalue weighted by Crippen LogP contribution is -2.09. The van der Waals surface area contributed by atoms with Crippen LogP contribution in [0.5, 0.6) is 0 Å². The van der Waals surface area contributed by atoms with Crippen molar-refractivity contribution in [3.8, 4) is 0 Å². The quantitative estimate of drug-likeness (QED) is 0.636. The van der Waals surface area contributed by atoms with E-state index >= 15 is 0 Å². The Morgan fingerprint density at radius 3 is 3.00 bits per heavy atom. The van der Waals surface area contributed by atoms with Gasteiger partial charge in [-0.25, -0.2) is 4.98 Å². The lowest BCUT2D eigenvalue weighted by Gasteiger charge is -2.01. The van der Waals surface area contributed by atoms with Gasteiger partial charge in [-0.15, -0.1) is 10.2 Å². The molecule has 0 aromatic carbocycles. The van der Waals surface area contributed by atoms with Crippen molar-refractivity contribution in [1.29, 1.82) is 0 Å². The van der Waals surface area contributed by atoms with Gasteiger partial charge in [-0.1, -0.05) is 36.4 Å². The molecule has 0 aliphatic carbocycles. The summed E-state index contributed by atoms with van der Waals surface area (Å²) in [6.07, 6.45) is 1.77. The summed E-state index contributed by atoms with van der Waals surface area (Å²) in [5.41, 5.74) is 6.20. The SMILES string of the molecule is CCCc1cc(=O)[nH]c(SCc2nnc(N)s2)n1. The average Bonchev–Trinajstić information content (AvgIpc) is 2.72. The molecule has 6 nitrogen and oxygen atoms in total. The van der Waals surface area contributed by atoms with Crippen LogP contribution in [0.3, 0.4) is 0 Å². The number of thioether (sulfide) groups is 1. The normalized spacial score (nSPS) is 10.7. The van der Waals surface area contributed by atoms with Crippen LogP contribution in [-0.4, -0.2) is 20.2 Å². The number of hydrogen-bond acceptors (Lipinski definition) is 7. The standard InChI is InChI=1S/C10H13N5OS2/c1-2-3-6-4-7(16)13-10(12-6)17-5-8-14-15-9(11)18-8/h4H,2-3,5H2,1H3,(H2,11,15)(H,12,13,16). The number of aryl methyl sites for hydroxylation is 1.